The second kappa shape index (κ2) is 23.5. The first-order valence-electron chi connectivity index (χ1n) is 10.7. The summed E-state index contributed by atoms with van der Waals surface area (Å²) in [5.41, 5.74) is 0. The minimum absolute atomic E-state index is 0. The normalized spacial score (nSPS) is 10.7. The van der Waals surface area contributed by atoms with Gasteiger partial charge in [0.25, 0.3) is 0 Å². The zero-order chi connectivity index (χ0) is 19.3. The van der Waals surface area contributed by atoms with Crippen LogP contribution in [0.3, 0.4) is 0 Å². The van der Waals surface area contributed by atoms with E-state index in [4.69, 9.17) is 9.84 Å². The highest BCUT2D eigenvalue weighted by Gasteiger charge is 1.98. The van der Waals surface area contributed by atoms with Crippen molar-refractivity contribution in [3.05, 3.63) is 12.2 Å². The maximum atomic E-state index is 11.1. The summed E-state index contributed by atoms with van der Waals surface area (Å²) in [5.74, 6) is -1.71. The molecule has 0 aliphatic carbocycles. The molecule has 5 heteroatoms. The largest absolute Gasteiger partial charge is 0.478 e. The van der Waals surface area contributed by atoms with Crippen molar-refractivity contribution in [1.29, 1.82) is 0 Å². The van der Waals surface area contributed by atoms with Crippen LogP contribution in [0.5, 0.6) is 0 Å². The lowest BCUT2D eigenvalue weighted by molar-refractivity contribution is -0.138. The average Bonchev–Trinajstić information content (AvgIpc) is 2.62. The highest BCUT2D eigenvalue weighted by atomic mass is 24.3. The second-order valence-electron chi connectivity index (χ2n) is 7.14. The Hall–Kier alpha value is -0.554. The summed E-state index contributed by atoms with van der Waals surface area (Å²) in [6.07, 6.45) is 22.7. The number of carboxylic acids is 1. The van der Waals surface area contributed by atoms with Crippen LogP contribution in [-0.2, 0) is 14.3 Å². The number of aliphatic carboxylic acids is 1. The van der Waals surface area contributed by atoms with Gasteiger partial charge in [-0.3, -0.25) is 0 Å². The smallest absolute Gasteiger partial charge is 0.331 e. The molecule has 4 nitrogen and oxygen atoms in total. The number of hydrogen-bond acceptors (Lipinski definition) is 3. The van der Waals surface area contributed by atoms with Crippen molar-refractivity contribution in [2.24, 2.45) is 0 Å². The monoisotopic (exact) mass is 394 g/mol. The summed E-state index contributed by atoms with van der Waals surface area (Å²) >= 11 is 0. The van der Waals surface area contributed by atoms with Gasteiger partial charge < -0.3 is 9.84 Å². The third-order valence-electron chi connectivity index (χ3n) is 4.60. The van der Waals surface area contributed by atoms with Crippen molar-refractivity contribution in [2.45, 2.75) is 110 Å². The molecule has 0 radical (unpaired) electrons. The maximum absolute atomic E-state index is 11.1. The number of carboxylic acid groups (broad SMARTS) is 1. The zero-order valence-electron chi connectivity index (χ0n) is 16.8. The highest BCUT2D eigenvalue weighted by molar-refractivity contribution is 5.90. The van der Waals surface area contributed by atoms with Crippen LogP contribution in [0, 0.1) is 0 Å². The third kappa shape index (κ3) is 25.4. The molecule has 0 saturated heterocycles. The van der Waals surface area contributed by atoms with Crippen LogP contribution in [0.25, 0.3) is 0 Å². The second-order valence-corrected chi connectivity index (χ2v) is 7.14. The van der Waals surface area contributed by atoms with Crippen LogP contribution < -0.4 is 0 Å². The van der Waals surface area contributed by atoms with E-state index in [9.17, 15) is 9.59 Å². The lowest BCUT2D eigenvalue weighted by Crippen LogP contribution is -2.03. The first-order chi connectivity index (χ1) is 12.7. The van der Waals surface area contributed by atoms with Crippen molar-refractivity contribution in [2.75, 3.05) is 6.61 Å². The van der Waals surface area contributed by atoms with Gasteiger partial charge in [0.05, 0.1) is 6.61 Å². The summed E-state index contributed by atoms with van der Waals surface area (Å²) in [5, 5.41) is 8.39. The molecule has 0 fully saturated rings. The van der Waals surface area contributed by atoms with Crippen molar-refractivity contribution in [1.82, 2.24) is 0 Å². The van der Waals surface area contributed by atoms with Crippen LogP contribution in [-0.4, -0.2) is 46.7 Å². The van der Waals surface area contributed by atoms with Crippen LogP contribution >= 0.6 is 0 Å². The van der Waals surface area contributed by atoms with E-state index in [1.807, 2.05) is 0 Å². The van der Waals surface area contributed by atoms with E-state index in [1.165, 1.54) is 89.9 Å². The molecule has 0 saturated carbocycles. The van der Waals surface area contributed by atoms with Gasteiger partial charge in [0, 0.05) is 12.2 Å². The molecule has 0 aliphatic rings. The molecule has 0 aliphatic heterocycles. The van der Waals surface area contributed by atoms with E-state index in [2.05, 4.69) is 6.92 Å². The number of carbonyl (C=O) groups is 2. The summed E-state index contributed by atoms with van der Waals surface area (Å²) in [6.45, 7) is 2.64. The Bertz CT molecular complexity index is 369. The number of rotatable bonds is 19. The quantitative estimate of drug-likeness (QED) is 0.136. The molecule has 0 unspecified atom stereocenters. The maximum Gasteiger partial charge on any atom is 0.331 e. The summed E-state index contributed by atoms with van der Waals surface area (Å²) < 4.78 is 4.92. The molecule has 0 aromatic heterocycles. The Morgan fingerprint density at radius 3 is 1.41 bits per heavy atom. The fraction of sp³-hybridized carbons (Fsp3) is 0.818. The lowest BCUT2D eigenvalue weighted by atomic mass is 10.0. The van der Waals surface area contributed by atoms with E-state index < -0.39 is 11.9 Å². The standard InChI is InChI=1S/C22H40O4.Mg.2H/c1-2-3-4-5-6-7-8-9-10-11-12-13-14-15-16-17-20-26-22(25)19-18-21(23)24;;;/h18-19H,2-17,20H2,1H3,(H,23,24);;;/b19-18+;;;. The Morgan fingerprint density at radius 2 is 1.04 bits per heavy atom. The SMILES string of the molecule is CCCCCCCCCCCCCCCCCCOC(=O)/C=C/C(=O)O.[MgH2]. The number of esters is 1. The Labute approximate surface area is 182 Å². The Balaban J connectivity index is 0. The Morgan fingerprint density at radius 1 is 0.667 bits per heavy atom. The number of ether oxygens (including phenoxy) is 1. The minimum atomic E-state index is -1.13. The number of hydrogen-bond donors (Lipinski definition) is 1. The zero-order valence-corrected chi connectivity index (χ0v) is 16.8. The van der Waals surface area contributed by atoms with Gasteiger partial charge in [-0.1, -0.05) is 103 Å². The molecule has 0 atom stereocenters. The van der Waals surface area contributed by atoms with Gasteiger partial charge >= 0.3 is 35.0 Å². The molecular weight excluding hydrogens is 353 g/mol. The number of unbranched alkanes of at least 4 members (excludes halogenated alkanes) is 15. The molecule has 0 heterocycles. The molecule has 0 aromatic rings. The third-order valence-corrected chi connectivity index (χ3v) is 4.60. The van der Waals surface area contributed by atoms with E-state index in [0.29, 0.717) is 6.61 Å². The molecule has 0 spiro atoms. The minimum Gasteiger partial charge on any atom is -0.478 e. The topological polar surface area (TPSA) is 63.6 Å². The number of carbonyl (C=O) groups excluding carboxylic acids is 1. The predicted octanol–water partition coefficient (Wildman–Crippen LogP) is 5.52. The molecule has 27 heavy (non-hydrogen) atoms. The molecule has 1 N–H and O–H groups in total. The first kappa shape index (κ1) is 28.7. The Kier molecular flexibility index (Phi) is 24.9. The lowest BCUT2D eigenvalue weighted by Gasteiger charge is -2.04. The van der Waals surface area contributed by atoms with E-state index in [1.54, 1.807) is 0 Å². The molecule has 0 aromatic carbocycles. The van der Waals surface area contributed by atoms with Crippen molar-refractivity contribution in [3.8, 4) is 0 Å². The van der Waals surface area contributed by atoms with Crippen LogP contribution in [0.15, 0.2) is 12.2 Å². The predicted molar refractivity (Wildman–Crippen MR) is 116 cm³/mol. The van der Waals surface area contributed by atoms with E-state index in [-0.39, 0.29) is 23.1 Å². The summed E-state index contributed by atoms with van der Waals surface area (Å²) in [7, 11) is 0. The van der Waals surface area contributed by atoms with Crippen LogP contribution in [0.1, 0.15) is 110 Å². The molecule has 156 valence electrons. The first-order valence-corrected chi connectivity index (χ1v) is 10.7. The van der Waals surface area contributed by atoms with Crippen molar-refractivity contribution in [3.63, 3.8) is 0 Å². The van der Waals surface area contributed by atoms with E-state index in [0.717, 1.165) is 25.0 Å². The van der Waals surface area contributed by atoms with E-state index >= 15 is 0 Å². The van der Waals surface area contributed by atoms with Gasteiger partial charge in [0.2, 0.25) is 0 Å². The van der Waals surface area contributed by atoms with Gasteiger partial charge in [-0.25, -0.2) is 9.59 Å². The fourth-order valence-corrected chi connectivity index (χ4v) is 3.01. The van der Waals surface area contributed by atoms with Gasteiger partial charge in [-0.15, -0.1) is 0 Å². The fourth-order valence-electron chi connectivity index (χ4n) is 3.01. The van der Waals surface area contributed by atoms with Crippen molar-refractivity contribution < 1.29 is 19.4 Å². The molecular formula is C22H42MgO4. The average molecular weight is 395 g/mol. The van der Waals surface area contributed by atoms with Gasteiger partial charge in [0.1, 0.15) is 0 Å². The summed E-state index contributed by atoms with van der Waals surface area (Å²) in [4.78, 5) is 21.4. The highest BCUT2D eigenvalue weighted by Crippen LogP contribution is 2.13. The molecule has 0 amide bonds. The summed E-state index contributed by atoms with van der Waals surface area (Å²) in [6, 6.07) is 0. The van der Waals surface area contributed by atoms with Gasteiger partial charge in [-0.05, 0) is 6.42 Å². The van der Waals surface area contributed by atoms with Gasteiger partial charge in [0.15, 0.2) is 0 Å². The van der Waals surface area contributed by atoms with Crippen LogP contribution in [0.4, 0.5) is 0 Å². The molecule has 0 bridgehead atoms. The van der Waals surface area contributed by atoms with Gasteiger partial charge in [-0.2, -0.15) is 0 Å². The molecule has 0 rings (SSSR count). The van der Waals surface area contributed by atoms with Crippen molar-refractivity contribution >= 4 is 35.0 Å². The van der Waals surface area contributed by atoms with Crippen LogP contribution in [0.2, 0.25) is 0 Å².